The SMILES string of the molecule is Cn1c(N2CCCC(COc3ncccc3C(F)(F)F)C2)nc2cccnc21. The van der Waals surface area contributed by atoms with E-state index in [1.54, 1.807) is 6.20 Å². The first kappa shape index (κ1) is 18.5. The number of piperidine rings is 1. The molecule has 1 unspecified atom stereocenters. The van der Waals surface area contributed by atoms with E-state index < -0.39 is 11.7 Å². The lowest BCUT2D eigenvalue weighted by Crippen LogP contribution is -2.39. The molecule has 0 spiro atoms. The van der Waals surface area contributed by atoms with E-state index in [-0.39, 0.29) is 18.4 Å². The molecular formula is C19H20F3N5O. The summed E-state index contributed by atoms with van der Waals surface area (Å²) in [7, 11) is 1.92. The van der Waals surface area contributed by atoms with Crippen molar-refractivity contribution < 1.29 is 17.9 Å². The first-order valence-electron chi connectivity index (χ1n) is 9.11. The lowest BCUT2D eigenvalue weighted by Gasteiger charge is -2.33. The molecule has 1 aliphatic rings. The van der Waals surface area contributed by atoms with E-state index >= 15 is 0 Å². The number of hydrogen-bond donors (Lipinski definition) is 0. The molecule has 9 heteroatoms. The molecular weight excluding hydrogens is 371 g/mol. The van der Waals surface area contributed by atoms with Crippen LogP contribution in [0.1, 0.15) is 18.4 Å². The molecule has 0 aliphatic carbocycles. The van der Waals surface area contributed by atoms with Crippen LogP contribution >= 0.6 is 0 Å². The van der Waals surface area contributed by atoms with Crippen molar-refractivity contribution in [2.45, 2.75) is 19.0 Å². The Labute approximate surface area is 160 Å². The van der Waals surface area contributed by atoms with E-state index in [4.69, 9.17) is 4.74 Å². The number of hydrogen-bond acceptors (Lipinski definition) is 5. The van der Waals surface area contributed by atoms with Gasteiger partial charge in [0.2, 0.25) is 11.8 Å². The van der Waals surface area contributed by atoms with Gasteiger partial charge in [-0.3, -0.25) is 4.57 Å². The minimum absolute atomic E-state index is 0.0876. The summed E-state index contributed by atoms with van der Waals surface area (Å²) in [6, 6.07) is 6.01. The average Bonchev–Trinajstić information content (AvgIpc) is 3.03. The molecule has 28 heavy (non-hydrogen) atoms. The fraction of sp³-hybridized carbons (Fsp3) is 0.421. The Bertz CT molecular complexity index is 972. The second-order valence-electron chi connectivity index (χ2n) is 6.94. The zero-order chi connectivity index (χ0) is 19.7. The van der Waals surface area contributed by atoms with Gasteiger partial charge in [0.1, 0.15) is 11.1 Å². The maximum Gasteiger partial charge on any atom is 0.421 e. The number of rotatable bonds is 4. The molecule has 4 heterocycles. The van der Waals surface area contributed by atoms with Crippen LogP contribution in [0.15, 0.2) is 36.7 Å². The van der Waals surface area contributed by atoms with Crippen LogP contribution in [-0.2, 0) is 13.2 Å². The smallest absolute Gasteiger partial charge is 0.421 e. The van der Waals surface area contributed by atoms with Crippen LogP contribution in [0, 0.1) is 5.92 Å². The third-order valence-corrected chi connectivity index (χ3v) is 4.94. The number of halogens is 3. The number of aromatic nitrogens is 4. The van der Waals surface area contributed by atoms with Crippen LogP contribution < -0.4 is 9.64 Å². The Morgan fingerprint density at radius 3 is 2.75 bits per heavy atom. The number of anilines is 1. The molecule has 0 aromatic carbocycles. The van der Waals surface area contributed by atoms with Gasteiger partial charge in [0.15, 0.2) is 5.65 Å². The van der Waals surface area contributed by atoms with Crippen LogP contribution in [0.5, 0.6) is 5.88 Å². The molecule has 1 fully saturated rings. The Balaban J connectivity index is 1.47. The molecule has 0 N–H and O–H groups in total. The molecule has 1 saturated heterocycles. The third-order valence-electron chi connectivity index (χ3n) is 4.94. The van der Waals surface area contributed by atoms with Crippen molar-refractivity contribution in [2.24, 2.45) is 13.0 Å². The van der Waals surface area contributed by atoms with Crippen molar-refractivity contribution in [3.63, 3.8) is 0 Å². The Hall–Kier alpha value is -2.84. The highest BCUT2D eigenvalue weighted by atomic mass is 19.4. The highest BCUT2D eigenvalue weighted by Gasteiger charge is 2.35. The largest absolute Gasteiger partial charge is 0.477 e. The molecule has 0 amide bonds. The van der Waals surface area contributed by atoms with E-state index in [1.807, 2.05) is 23.7 Å². The summed E-state index contributed by atoms with van der Waals surface area (Å²) >= 11 is 0. The van der Waals surface area contributed by atoms with Gasteiger partial charge in [-0.1, -0.05) is 0 Å². The summed E-state index contributed by atoms with van der Waals surface area (Å²) in [4.78, 5) is 14.9. The van der Waals surface area contributed by atoms with Crippen molar-refractivity contribution >= 4 is 17.1 Å². The molecule has 0 radical (unpaired) electrons. The quantitative estimate of drug-likeness (QED) is 0.679. The monoisotopic (exact) mass is 391 g/mol. The number of imidazole rings is 1. The standard InChI is InChI=1S/C19H20F3N5O/c1-26-16-15(7-3-8-23-16)25-18(26)27-10-4-5-13(11-27)12-28-17-14(19(20,21)22)6-2-9-24-17/h2-3,6-9,13H,4-5,10-12H2,1H3. The second kappa shape index (κ2) is 7.29. The van der Waals surface area contributed by atoms with Crippen LogP contribution in [0.25, 0.3) is 11.2 Å². The van der Waals surface area contributed by atoms with Gasteiger partial charge in [-0.2, -0.15) is 13.2 Å². The van der Waals surface area contributed by atoms with E-state index in [9.17, 15) is 13.2 Å². The van der Waals surface area contributed by atoms with Gasteiger partial charge >= 0.3 is 6.18 Å². The zero-order valence-electron chi connectivity index (χ0n) is 15.4. The molecule has 1 aliphatic heterocycles. The van der Waals surface area contributed by atoms with Crippen molar-refractivity contribution in [1.29, 1.82) is 0 Å². The first-order chi connectivity index (χ1) is 13.4. The van der Waals surface area contributed by atoms with Gasteiger partial charge in [-0.15, -0.1) is 0 Å². The summed E-state index contributed by atoms with van der Waals surface area (Å²) in [5, 5.41) is 0. The van der Waals surface area contributed by atoms with Crippen LogP contribution in [0.3, 0.4) is 0 Å². The number of alkyl halides is 3. The lowest BCUT2D eigenvalue weighted by atomic mass is 9.99. The predicted octanol–water partition coefficient (Wildman–Crippen LogP) is 3.68. The Kier molecular flexibility index (Phi) is 4.82. The van der Waals surface area contributed by atoms with Crippen LogP contribution in [0.4, 0.5) is 19.1 Å². The second-order valence-corrected chi connectivity index (χ2v) is 6.94. The van der Waals surface area contributed by atoms with Gasteiger partial charge in [0, 0.05) is 38.4 Å². The number of pyridine rings is 2. The number of nitrogens with zero attached hydrogens (tertiary/aromatic N) is 5. The molecule has 0 bridgehead atoms. The van der Waals surface area contributed by atoms with Crippen molar-refractivity contribution in [1.82, 2.24) is 19.5 Å². The molecule has 0 saturated carbocycles. The zero-order valence-corrected chi connectivity index (χ0v) is 15.4. The fourth-order valence-corrected chi connectivity index (χ4v) is 3.60. The molecule has 3 aromatic rings. The summed E-state index contributed by atoms with van der Waals surface area (Å²) in [5.74, 6) is 0.538. The molecule has 3 aromatic heterocycles. The summed E-state index contributed by atoms with van der Waals surface area (Å²) < 4.78 is 46.7. The van der Waals surface area contributed by atoms with Gasteiger partial charge < -0.3 is 9.64 Å². The lowest BCUT2D eigenvalue weighted by molar-refractivity contribution is -0.139. The highest BCUT2D eigenvalue weighted by molar-refractivity contribution is 5.74. The van der Waals surface area contributed by atoms with Crippen LogP contribution in [0.2, 0.25) is 0 Å². The fourth-order valence-electron chi connectivity index (χ4n) is 3.60. The van der Waals surface area contributed by atoms with E-state index in [2.05, 4.69) is 19.9 Å². The van der Waals surface area contributed by atoms with Crippen molar-refractivity contribution in [3.8, 4) is 5.88 Å². The number of aryl methyl sites for hydroxylation is 1. The minimum Gasteiger partial charge on any atom is -0.477 e. The Morgan fingerprint density at radius 1 is 1.18 bits per heavy atom. The maximum atomic E-state index is 13.1. The van der Waals surface area contributed by atoms with E-state index in [1.165, 1.54) is 12.3 Å². The highest BCUT2D eigenvalue weighted by Crippen LogP contribution is 2.35. The number of fused-ring (bicyclic) bond motifs is 1. The topological polar surface area (TPSA) is 56.1 Å². The Morgan fingerprint density at radius 2 is 1.96 bits per heavy atom. The molecule has 1 atom stereocenters. The summed E-state index contributed by atoms with van der Waals surface area (Å²) in [6.45, 7) is 1.68. The predicted molar refractivity (Wildman–Crippen MR) is 98.2 cm³/mol. The third kappa shape index (κ3) is 3.61. The van der Waals surface area contributed by atoms with E-state index in [0.29, 0.717) is 6.54 Å². The maximum absolute atomic E-state index is 13.1. The van der Waals surface area contributed by atoms with Crippen molar-refractivity contribution in [3.05, 3.63) is 42.2 Å². The average molecular weight is 391 g/mol. The first-order valence-corrected chi connectivity index (χ1v) is 9.11. The van der Waals surface area contributed by atoms with Gasteiger partial charge in [0.25, 0.3) is 0 Å². The number of ether oxygens (including phenoxy) is 1. The normalized spacial score (nSPS) is 17.9. The van der Waals surface area contributed by atoms with Gasteiger partial charge in [-0.05, 0) is 37.1 Å². The molecule has 4 rings (SSSR count). The summed E-state index contributed by atoms with van der Waals surface area (Å²) in [6.07, 6.45) is 0.351. The minimum atomic E-state index is -4.48. The van der Waals surface area contributed by atoms with Gasteiger partial charge in [-0.25, -0.2) is 15.0 Å². The van der Waals surface area contributed by atoms with E-state index in [0.717, 1.165) is 42.6 Å². The van der Waals surface area contributed by atoms with Crippen molar-refractivity contribution in [2.75, 3.05) is 24.6 Å². The molecule has 6 nitrogen and oxygen atoms in total. The van der Waals surface area contributed by atoms with Crippen LogP contribution in [-0.4, -0.2) is 39.2 Å². The van der Waals surface area contributed by atoms with Gasteiger partial charge in [0.05, 0.1) is 6.61 Å². The summed E-state index contributed by atoms with van der Waals surface area (Å²) in [5.41, 5.74) is 0.782. The molecule has 148 valence electrons.